The summed E-state index contributed by atoms with van der Waals surface area (Å²) in [6, 6.07) is 0. The molecule has 0 radical (unpaired) electrons. The van der Waals surface area contributed by atoms with Crippen LogP contribution in [-0.4, -0.2) is 4.87 Å². The van der Waals surface area contributed by atoms with Gasteiger partial charge in [0.1, 0.15) is 4.87 Å². The van der Waals surface area contributed by atoms with E-state index in [0.717, 1.165) is 19.3 Å². The van der Waals surface area contributed by atoms with Crippen LogP contribution in [0.15, 0.2) is 0 Å². The monoisotopic (exact) mass is 198 g/mol. The zero-order valence-corrected chi connectivity index (χ0v) is 9.45. The molecule has 0 saturated heterocycles. The molecule has 0 spiro atoms. The summed E-state index contributed by atoms with van der Waals surface area (Å²) in [5, 5.41) is 0. The Morgan fingerprint density at radius 3 is 2.77 bits per heavy atom. The fraction of sp³-hybridized carbons (Fsp3) is 0.833. The largest absolute Gasteiger partial charge is 0.108 e. The molecule has 1 fully saturated rings. The molecule has 1 saturated carbocycles. The Kier molecular flexibility index (Phi) is 4.13. The zero-order chi connectivity index (χ0) is 9.73. The van der Waals surface area contributed by atoms with Gasteiger partial charge in [-0.3, -0.25) is 0 Å². The Balaban J connectivity index is 2.25. The molecule has 0 aromatic carbocycles. The first-order valence-electron chi connectivity index (χ1n) is 5.42. The summed E-state index contributed by atoms with van der Waals surface area (Å²) in [7, 11) is 0. The average Bonchev–Trinajstić information content (AvgIpc) is 2.75. The highest BCUT2D eigenvalue weighted by atomic mass is 35.5. The van der Waals surface area contributed by atoms with Gasteiger partial charge in [-0.2, -0.15) is 0 Å². The van der Waals surface area contributed by atoms with E-state index in [-0.39, 0.29) is 4.87 Å². The second-order valence-corrected chi connectivity index (χ2v) is 4.63. The number of hydrogen-bond donors (Lipinski definition) is 0. The van der Waals surface area contributed by atoms with Gasteiger partial charge in [-0.25, -0.2) is 0 Å². The Labute approximate surface area is 87.1 Å². The van der Waals surface area contributed by atoms with E-state index >= 15 is 0 Å². The number of alkyl halides is 1. The van der Waals surface area contributed by atoms with Crippen LogP contribution in [0, 0.1) is 17.8 Å². The number of unbranched alkanes of at least 4 members (excludes halogenated alkanes) is 2. The van der Waals surface area contributed by atoms with Crippen LogP contribution in [0.2, 0.25) is 0 Å². The Bertz CT molecular complexity index is 211. The predicted octanol–water partition coefficient (Wildman–Crippen LogP) is 3.98. The van der Waals surface area contributed by atoms with E-state index in [1.165, 1.54) is 19.3 Å². The molecular formula is C12H19Cl. The van der Waals surface area contributed by atoms with Crippen LogP contribution in [0.5, 0.6) is 0 Å². The third kappa shape index (κ3) is 3.24. The van der Waals surface area contributed by atoms with Crippen molar-refractivity contribution in [2.45, 2.75) is 57.2 Å². The van der Waals surface area contributed by atoms with Crippen molar-refractivity contribution in [3.8, 4) is 11.8 Å². The maximum Gasteiger partial charge on any atom is 0.108 e. The smallest absolute Gasteiger partial charge is 0.105 e. The molecule has 0 heterocycles. The van der Waals surface area contributed by atoms with Crippen molar-refractivity contribution in [1.29, 1.82) is 0 Å². The van der Waals surface area contributed by atoms with E-state index in [9.17, 15) is 0 Å². The summed E-state index contributed by atoms with van der Waals surface area (Å²) in [6.45, 7) is 4.37. The van der Waals surface area contributed by atoms with Crippen LogP contribution in [0.1, 0.15) is 52.4 Å². The van der Waals surface area contributed by atoms with Gasteiger partial charge in [-0.15, -0.1) is 17.5 Å². The molecule has 0 aliphatic heterocycles. The van der Waals surface area contributed by atoms with Gasteiger partial charge in [0.25, 0.3) is 0 Å². The van der Waals surface area contributed by atoms with Crippen LogP contribution in [0.4, 0.5) is 0 Å². The van der Waals surface area contributed by atoms with Gasteiger partial charge in [0.2, 0.25) is 0 Å². The predicted molar refractivity (Wildman–Crippen MR) is 58.9 cm³/mol. The van der Waals surface area contributed by atoms with E-state index in [1.54, 1.807) is 0 Å². The minimum absolute atomic E-state index is 0.121. The summed E-state index contributed by atoms with van der Waals surface area (Å²) in [4.78, 5) is -0.121. The molecule has 1 aliphatic rings. The second-order valence-electron chi connectivity index (χ2n) is 3.96. The van der Waals surface area contributed by atoms with Gasteiger partial charge in [0.15, 0.2) is 0 Å². The number of rotatable bonds is 4. The molecule has 0 N–H and O–H groups in total. The molecule has 0 unspecified atom stereocenters. The summed E-state index contributed by atoms with van der Waals surface area (Å²) < 4.78 is 0. The SMILES string of the molecule is CCCC#C[C@]1(Cl)C[C@H]1CCCC. The van der Waals surface area contributed by atoms with E-state index < -0.39 is 0 Å². The first kappa shape index (κ1) is 10.9. The molecule has 1 heteroatoms. The average molecular weight is 199 g/mol. The van der Waals surface area contributed by atoms with Crippen molar-refractivity contribution in [3.05, 3.63) is 0 Å². The lowest BCUT2D eigenvalue weighted by Crippen LogP contribution is -1.97. The Hall–Kier alpha value is -0.150. The maximum absolute atomic E-state index is 6.31. The lowest BCUT2D eigenvalue weighted by molar-refractivity contribution is 0.643. The number of halogens is 1. The van der Waals surface area contributed by atoms with Crippen LogP contribution < -0.4 is 0 Å². The molecule has 0 nitrogen and oxygen atoms in total. The fourth-order valence-electron chi connectivity index (χ4n) is 1.57. The van der Waals surface area contributed by atoms with Crippen LogP contribution in [0.25, 0.3) is 0 Å². The fourth-order valence-corrected chi connectivity index (χ4v) is 1.93. The maximum atomic E-state index is 6.31. The minimum Gasteiger partial charge on any atom is -0.105 e. The first-order chi connectivity index (χ1) is 6.23. The highest BCUT2D eigenvalue weighted by Crippen LogP contribution is 2.51. The molecule has 0 bridgehead atoms. The first-order valence-corrected chi connectivity index (χ1v) is 5.79. The van der Waals surface area contributed by atoms with Crippen molar-refractivity contribution >= 4 is 11.6 Å². The van der Waals surface area contributed by atoms with Gasteiger partial charge in [-0.05, 0) is 25.2 Å². The highest BCUT2D eigenvalue weighted by molar-refractivity contribution is 6.28. The van der Waals surface area contributed by atoms with Crippen molar-refractivity contribution in [3.63, 3.8) is 0 Å². The Morgan fingerprint density at radius 2 is 2.15 bits per heavy atom. The number of hydrogen-bond acceptors (Lipinski definition) is 0. The molecule has 1 aliphatic carbocycles. The molecule has 13 heavy (non-hydrogen) atoms. The van der Waals surface area contributed by atoms with Gasteiger partial charge in [0.05, 0.1) is 0 Å². The second kappa shape index (κ2) is 4.91. The zero-order valence-electron chi connectivity index (χ0n) is 8.70. The van der Waals surface area contributed by atoms with Crippen molar-refractivity contribution in [2.24, 2.45) is 5.92 Å². The summed E-state index contributed by atoms with van der Waals surface area (Å²) in [5.41, 5.74) is 0. The van der Waals surface area contributed by atoms with Gasteiger partial charge >= 0.3 is 0 Å². The van der Waals surface area contributed by atoms with Crippen molar-refractivity contribution < 1.29 is 0 Å². The van der Waals surface area contributed by atoms with Gasteiger partial charge < -0.3 is 0 Å². The third-order valence-corrected chi connectivity index (χ3v) is 3.17. The molecule has 0 aromatic heterocycles. The summed E-state index contributed by atoms with van der Waals surface area (Å²) >= 11 is 6.31. The third-order valence-electron chi connectivity index (χ3n) is 2.61. The molecule has 0 aromatic rings. The standard InChI is InChI=1S/C12H19Cl/c1-3-5-7-9-12(13)10-11(12)8-6-4-2/h11H,3-6,8,10H2,1-2H3/t11-,12+/m1/s1. The Morgan fingerprint density at radius 1 is 1.38 bits per heavy atom. The van der Waals surface area contributed by atoms with Crippen LogP contribution in [-0.2, 0) is 0 Å². The van der Waals surface area contributed by atoms with E-state index in [4.69, 9.17) is 11.6 Å². The normalized spacial score (nSPS) is 30.8. The van der Waals surface area contributed by atoms with Crippen LogP contribution in [0.3, 0.4) is 0 Å². The molecule has 1 rings (SSSR count). The van der Waals surface area contributed by atoms with E-state index in [1.807, 2.05) is 0 Å². The van der Waals surface area contributed by atoms with Gasteiger partial charge in [0, 0.05) is 6.42 Å². The topological polar surface area (TPSA) is 0 Å². The summed E-state index contributed by atoms with van der Waals surface area (Å²) in [5.74, 6) is 7.05. The lowest BCUT2D eigenvalue weighted by Gasteiger charge is -1.98. The van der Waals surface area contributed by atoms with Crippen molar-refractivity contribution in [1.82, 2.24) is 0 Å². The van der Waals surface area contributed by atoms with E-state index in [2.05, 4.69) is 25.7 Å². The van der Waals surface area contributed by atoms with Crippen LogP contribution >= 0.6 is 11.6 Å². The van der Waals surface area contributed by atoms with Gasteiger partial charge in [-0.1, -0.05) is 32.6 Å². The van der Waals surface area contributed by atoms with E-state index in [0.29, 0.717) is 5.92 Å². The minimum atomic E-state index is -0.121. The molecule has 0 amide bonds. The molecule has 74 valence electrons. The lowest BCUT2D eigenvalue weighted by atomic mass is 10.1. The summed E-state index contributed by atoms with van der Waals surface area (Å²) in [6.07, 6.45) is 7.08. The highest BCUT2D eigenvalue weighted by Gasteiger charge is 2.50. The quantitative estimate of drug-likeness (QED) is 0.474. The molecular weight excluding hydrogens is 180 g/mol. The molecule has 2 atom stereocenters. The van der Waals surface area contributed by atoms with Crippen molar-refractivity contribution in [2.75, 3.05) is 0 Å².